The van der Waals surface area contributed by atoms with Crippen LogP contribution in [0.15, 0.2) is 30.3 Å². The number of rotatable bonds is 6. The summed E-state index contributed by atoms with van der Waals surface area (Å²) in [6.07, 6.45) is 0. The van der Waals surface area contributed by atoms with Gasteiger partial charge in [0.1, 0.15) is 0 Å². The molecule has 0 aromatic heterocycles. The molecule has 0 N–H and O–H groups in total. The number of nitrogens with zero attached hydrogens (tertiary/aromatic N) is 1. The van der Waals surface area contributed by atoms with Crippen molar-refractivity contribution in [2.45, 2.75) is 19.8 Å². The van der Waals surface area contributed by atoms with Crippen LogP contribution in [0, 0.1) is 5.92 Å². The van der Waals surface area contributed by atoms with Crippen molar-refractivity contribution in [1.29, 1.82) is 0 Å². The summed E-state index contributed by atoms with van der Waals surface area (Å²) in [5.41, 5.74) is 1.01. The fraction of sp³-hybridized carbons (Fsp3) is 0.533. The third-order valence-corrected chi connectivity index (χ3v) is 2.86. The first-order valence-corrected chi connectivity index (χ1v) is 6.36. The van der Waals surface area contributed by atoms with Gasteiger partial charge >= 0.3 is 5.97 Å². The van der Waals surface area contributed by atoms with E-state index in [0.29, 0.717) is 12.5 Å². The van der Waals surface area contributed by atoms with Crippen LogP contribution in [-0.4, -0.2) is 38.1 Å². The Labute approximate surface area is 110 Å². The molecule has 0 aliphatic rings. The van der Waals surface area contributed by atoms with E-state index in [1.54, 1.807) is 0 Å². The van der Waals surface area contributed by atoms with Crippen molar-refractivity contribution in [3.05, 3.63) is 35.9 Å². The minimum atomic E-state index is -0.208. The van der Waals surface area contributed by atoms with Crippen molar-refractivity contribution in [2.24, 2.45) is 5.92 Å². The van der Waals surface area contributed by atoms with Gasteiger partial charge in [0.2, 0.25) is 0 Å². The summed E-state index contributed by atoms with van der Waals surface area (Å²) in [6.45, 7) is 6.01. The minimum absolute atomic E-state index is 0.170. The van der Waals surface area contributed by atoms with Gasteiger partial charge in [-0.25, -0.2) is 0 Å². The lowest BCUT2D eigenvalue weighted by Crippen LogP contribution is -2.32. The van der Waals surface area contributed by atoms with Gasteiger partial charge in [-0.05, 0) is 18.5 Å². The molecule has 18 heavy (non-hydrogen) atoms. The molecule has 0 amide bonds. The average Bonchev–Trinajstić information content (AvgIpc) is 2.35. The molecule has 100 valence electrons. The molecule has 1 aromatic carbocycles. The van der Waals surface area contributed by atoms with Crippen molar-refractivity contribution >= 4 is 5.97 Å². The number of methoxy groups -OCH3 is 1. The largest absolute Gasteiger partial charge is 0.469 e. The van der Waals surface area contributed by atoms with Crippen LogP contribution in [0.2, 0.25) is 0 Å². The summed E-state index contributed by atoms with van der Waals surface area (Å²) >= 11 is 0. The molecule has 3 nitrogen and oxygen atoms in total. The zero-order valence-corrected chi connectivity index (χ0v) is 11.7. The Bertz CT molecular complexity index is 362. The summed E-state index contributed by atoms with van der Waals surface area (Å²) in [4.78, 5) is 14.1. The van der Waals surface area contributed by atoms with Crippen LogP contribution in [0.5, 0.6) is 0 Å². The highest BCUT2D eigenvalue weighted by molar-refractivity contribution is 5.78. The Morgan fingerprint density at radius 1 is 1.22 bits per heavy atom. The second kappa shape index (κ2) is 7.17. The molecular formula is C15H23NO2. The number of carbonyl (C=O) groups excluding carboxylic acids is 1. The van der Waals surface area contributed by atoms with Crippen molar-refractivity contribution < 1.29 is 9.53 Å². The molecule has 0 saturated carbocycles. The van der Waals surface area contributed by atoms with E-state index in [2.05, 4.69) is 18.7 Å². The van der Waals surface area contributed by atoms with Crippen molar-refractivity contribution in [2.75, 3.05) is 27.2 Å². The molecule has 0 bridgehead atoms. The molecule has 0 heterocycles. The maximum Gasteiger partial charge on any atom is 0.314 e. The van der Waals surface area contributed by atoms with Crippen molar-refractivity contribution in [3.8, 4) is 0 Å². The quantitative estimate of drug-likeness (QED) is 0.726. The summed E-state index contributed by atoms with van der Waals surface area (Å²) in [6, 6.07) is 9.81. The van der Waals surface area contributed by atoms with Crippen LogP contribution in [0.4, 0.5) is 0 Å². The molecule has 1 rings (SSSR count). The summed E-state index contributed by atoms with van der Waals surface area (Å²) in [5, 5.41) is 0. The van der Waals surface area contributed by atoms with E-state index in [0.717, 1.165) is 12.1 Å². The molecule has 0 radical (unpaired) electrons. The smallest absolute Gasteiger partial charge is 0.314 e. The van der Waals surface area contributed by atoms with E-state index >= 15 is 0 Å². The van der Waals surface area contributed by atoms with Gasteiger partial charge in [0.25, 0.3) is 0 Å². The third-order valence-electron chi connectivity index (χ3n) is 2.86. The lowest BCUT2D eigenvalue weighted by molar-refractivity contribution is -0.142. The van der Waals surface area contributed by atoms with Gasteiger partial charge < -0.3 is 9.64 Å². The van der Waals surface area contributed by atoms with Crippen LogP contribution < -0.4 is 0 Å². The van der Waals surface area contributed by atoms with Gasteiger partial charge in [0, 0.05) is 13.1 Å². The van der Waals surface area contributed by atoms with Gasteiger partial charge in [-0.3, -0.25) is 4.79 Å². The molecule has 1 atom stereocenters. The predicted molar refractivity (Wildman–Crippen MR) is 73.5 cm³/mol. The van der Waals surface area contributed by atoms with Gasteiger partial charge in [-0.1, -0.05) is 44.2 Å². The lowest BCUT2D eigenvalue weighted by Gasteiger charge is -2.24. The first kappa shape index (κ1) is 14.7. The van der Waals surface area contributed by atoms with Gasteiger partial charge in [-0.15, -0.1) is 0 Å². The first-order valence-electron chi connectivity index (χ1n) is 6.36. The monoisotopic (exact) mass is 249 g/mol. The standard InChI is InChI=1S/C15H23NO2/c1-12(2)10-16(3)11-14(15(17)18-4)13-8-6-5-7-9-13/h5-9,12,14H,10-11H2,1-4H3. The molecule has 1 unspecified atom stereocenters. The summed E-state index contributed by atoms with van der Waals surface area (Å²) in [5.74, 6) is 0.209. The molecule has 0 aliphatic carbocycles. The zero-order chi connectivity index (χ0) is 13.5. The maximum atomic E-state index is 11.9. The van der Waals surface area contributed by atoms with E-state index in [1.807, 2.05) is 37.4 Å². The number of ether oxygens (including phenoxy) is 1. The van der Waals surface area contributed by atoms with E-state index in [1.165, 1.54) is 7.11 Å². The Morgan fingerprint density at radius 3 is 2.33 bits per heavy atom. The summed E-state index contributed by atoms with van der Waals surface area (Å²) < 4.78 is 4.91. The van der Waals surface area contributed by atoms with Gasteiger partial charge in [0.05, 0.1) is 13.0 Å². The Hall–Kier alpha value is -1.35. The number of hydrogen-bond acceptors (Lipinski definition) is 3. The van der Waals surface area contributed by atoms with Gasteiger partial charge in [0.15, 0.2) is 0 Å². The zero-order valence-electron chi connectivity index (χ0n) is 11.7. The molecule has 0 fully saturated rings. The van der Waals surface area contributed by atoms with Crippen LogP contribution in [0.25, 0.3) is 0 Å². The van der Waals surface area contributed by atoms with Crippen LogP contribution in [0.3, 0.4) is 0 Å². The second-order valence-corrected chi connectivity index (χ2v) is 5.10. The van der Waals surface area contributed by atoms with E-state index in [9.17, 15) is 4.79 Å². The maximum absolute atomic E-state index is 11.9. The molecule has 1 aromatic rings. The SMILES string of the molecule is COC(=O)C(CN(C)CC(C)C)c1ccccc1. The van der Waals surface area contributed by atoms with Crippen LogP contribution >= 0.6 is 0 Å². The Kier molecular flexibility index (Phi) is 5.86. The normalized spacial score (nSPS) is 12.8. The molecule has 0 spiro atoms. The van der Waals surface area contributed by atoms with Gasteiger partial charge in [-0.2, -0.15) is 0 Å². The van der Waals surface area contributed by atoms with Crippen molar-refractivity contribution in [1.82, 2.24) is 4.90 Å². The second-order valence-electron chi connectivity index (χ2n) is 5.10. The first-order chi connectivity index (χ1) is 8.54. The lowest BCUT2D eigenvalue weighted by atomic mass is 9.98. The molecule has 0 saturated heterocycles. The van der Waals surface area contributed by atoms with E-state index in [-0.39, 0.29) is 11.9 Å². The minimum Gasteiger partial charge on any atom is -0.469 e. The fourth-order valence-electron chi connectivity index (χ4n) is 2.15. The average molecular weight is 249 g/mol. The van der Waals surface area contributed by atoms with E-state index < -0.39 is 0 Å². The fourth-order valence-corrected chi connectivity index (χ4v) is 2.15. The topological polar surface area (TPSA) is 29.5 Å². The Balaban J connectivity index is 2.77. The van der Waals surface area contributed by atoms with Crippen LogP contribution in [-0.2, 0) is 9.53 Å². The number of esters is 1. The predicted octanol–water partition coefficient (Wildman–Crippen LogP) is 2.53. The number of carbonyl (C=O) groups is 1. The number of hydrogen-bond donors (Lipinski definition) is 0. The summed E-state index contributed by atoms with van der Waals surface area (Å²) in [7, 11) is 3.49. The number of benzene rings is 1. The molecule has 3 heteroatoms. The van der Waals surface area contributed by atoms with E-state index in [4.69, 9.17) is 4.74 Å². The third kappa shape index (κ3) is 4.49. The Morgan fingerprint density at radius 2 is 1.83 bits per heavy atom. The van der Waals surface area contributed by atoms with Crippen LogP contribution in [0.1, 0.15) is 25.3 Å². The van der Waals surface area contributed by atoms with Crippen molar-refractivity contribution in [3.63, 3.8) is 0 Å². The molecular weight excluding hydrogens is 226 g/mol. The number of likely N-dealkylation sites (N-methyl/N-ethyl adjacent to an activating group) is 1. The highest BCUT2D eigenvalue weighted by atomic mass is 16.5. The highest BCUT2D eigenvalue weighted by Gasteiger charge is 2.23. The highest BCUT2D eigenvalue weighted by Crippen LogP contribution is 2.18. The molecule has 0 aliphatic heterocycles.